The second-order valence-electron chi connectivity index (χ2n) is 7.71. The van der Waals surface area contributed by atoms with Crippen molar-refractivity contribution in [2.24, 2.45) is 5.73 Å². The largest absolute Gasteiger partial charge is 0.490 e. The lowest BCUT2D eigenvalue weighted by Crippen LogP contribution is -2.52. The van der Waals surface area contributed by atoms with E-state index in [-0.39, 0.29) is 13.1 Å². The molecule has 4 rings (SSSR count). The fraction of sp³-hybridized carbons (Fsp3) is 0.364. The Morgan fingerprint density at radius 3 is 2.88 bits per heavy atom. The Bertz CT molecular complexity index is 1210. The number of rotatable bonds is 7. The summed E-state index contributed by atoms with van der Waals surface area (Å²) in [5.74, 6) is -0.959. The fourth-order valence-electron chi connectivity index (χ4n) is 3.80. The first-order chi connectivity index (χ1) is 16.4. The van der Waals surface area contributed by atoms with Gasteiger partial charge >= 0.3 is 11.8 Å². The summed E-state index contributed by atoms with van der Waals surface area (Å²) in [6.07, 6.45) is -1.10. The zero-order valence-electron chi connectivity index (χ0n) is 18.3. The maximum absolute atomic E-state index is 14.8. The minimum absolute atomic E-state index is 0.214. The van der Waals surface area contributed by atoms with E-state index in [0.29, 0.717) is 41.9 Å². The van der Waals surface area contributed by atoms with E-state index in [1.165, 1.54) is 11.3 Å². The van der Waals surface area contributed by atoms with Crippen LogP contribution in [0.1, 0.15) is 6.42 Å². The number of nitrogens with two attached hydrogens (primary N) is 1. The van der Waals surface area contributed by atoms with Gasteiger partial charge in [-0.2, -0.15) is 0 Å². The van der Waals surface area contributed by atoms with Crippen LogP contribution in [-0.2, 0) is 14.3 Å². The van der Waals surface area contributed by atoms with Crippen LogP contribution in [-0.4, -0.2) is 72.5 Å². The highest BCUT2D eigenvalue weighted by Gasteiger charge is 2.33. The first-order valence-corrected chi connectivity index (χ1v) is 11.8. The zero-order valence-corrected chi connectivity index (χ0v) is 19.9. The third-order valence-electron chi connectivity index (χ3n) is 5.49. The molecule has 0 spiro atoms. The van der Waals surface area contributed by atoms with Crippen molar-refractivity contribution in [1.82, 2.24) is 15.1 Å². The van der Waals surface area contributed by atoms with Gasteiger partial charge in [0.05, 0.1) is 23.9 Å². The van der Waals surface area contributed by atoms with Gasteiger partial charge in [0.2, 0.25) is 0 Å². The normalized spacial score (nSPS) is 18.1. The Balaban J connectivity index is 1.58. The summed E-state index contributed by atoms with van der Waals surface area (Å²) in [7, 11) is 1.59. The van der Waals surface area contributed by atoms with Crippen LogP contribution in [0.3, 0.4) is 0 Å². The Morgan fingerprint density at radius 1 is 1.32 bits per heavy atom. The number of anilines is 1. The summed E-state index contributed by atoms with van der Waals surface area (Å²) in [6.45, 7) is 0.762. The SMILES string of the molecule is COCCOc1cc(Cl)ccc1-c1nnc(N[C@H]2CCN(C(=O)C(N)=O)C[C@H]2F)c2sccc12. The van der Waals surface area contributed by atoms with Crippen LogP contribution in [0.2, 0.25) is 5.02 Å². The number of amides is 2. The summed E-state index contributed by atoms with van der Waals surface area (Å²) < 4.78 is 26.5. The van der Waals surface area contributed by atoms with Crippen LogP contribution in [0, 0.1) is 0 Å². The molecule has 0 radical (unpaired) electrons. The highest BCUT2D eigenvalue weighted by atomic mass is 35.5. The molecule has 34 heavy (non-hydrogen) atoms. The molecule has 0 aliphatic carbocycles. The van der Waals surface area contributed by atoms with Crippen LogP contribution < -0.4 is 15.8 Å². The Morgan fingerprint density at radius 2 is 2.15 bits per heavy atom. The van der Waals surface area contributed by atoms with Crippen molar-refractivity contribution in [3.8, 4) is 17.0 Å². The van der Waals surface area contributed by atoms with Crippen LogP contribution in [0.5, 0.6) is 5.75 Å². The molecule has 0 saturated carbocycles. The monoisotopic (exact) mass is 507 g/mol. The van der Waals surface area contributed by atoms with Gasteiger partial charge in [-0.3, -0.25) is 9.59 Å². The molecule has 12 heteroatoms. The lowest BCUT2D eigenvalue weighted by Gasteiger charge is -2.34. The lowest BCUT2D eigenvalue weighted by atomic mass is 10.0. The van der Waals surface area contributed by atoms with Crippen molar-refractivity contribution in [3.05, 3.63) is 34.7 Å². The predicted molar refractivity (Wildman–Crippen MR) is 128 cm³/mol. The quantitative estimate of drug-likeness (QED) is 0.372. The Kier molecular flexibility index (Phi) is 7.44. The second-order valence-corrected chi connectivity index (χ2v) is 9.07. The predicted octanol–water partition coefficient (Wildman–Crippen LogP) is 2.87. The molecule has 180 valence electrons. The molecule has 1 aromatic carbocycles. The maximum Gasteiger partial charge on any atom is 0.311 e. The Hall–Kier alpha value is -3.02. The van der Waals surface area contributed by atoms with E-state index in [1.54, 1.807) is 19.2 Å². The number of carbonyl (C=O) groups excluding carboxylic acids is 2. The zero-order chi connectivity index (χ0) is 24.2. The van der Waals surface area contributed by atoms with E-state index in [1.807, 2.05) is 17.5 Å². The molecule has 3 N–H and O–H groups in total. The van der Waals surface area contributed by atoms with Gasteiger partial charge in [0.15, 0.2) is 5.82 Å². The number of nitrogens with zero attached hydrogens (tertiary/aromatic N) is 3. The second kappa shape index (κ2) is 10.5. The summed E-state index contributed by atoms with van der Waals surface area (Å²) in [5, 5.41) is 15.2. The van der Waals surface area contributed by atoms with Gasteiger partial charge in [-0.05, 0) is 36.1 Å². The van der Waals surface area contributed by atoms with Crippen molar-refractivity contribution in [2.75, 3.05) is 38.7 Å². The van der Waals surface area contributed by atoms with Crippen molar-refractivity contribution in [3.63, 3.8) is 0 Å². The van der Waals surface area contributed by atoms with Gasteiger partial charge in [0, 0.05) is 29.6 Å². The number of nitrogens with one attached hydrogen (secondary N) is 1. The average molecular weight is 508 g/mol. The van der Waals surface area contributed by atoms with Gasteiger partial charge in [-0.1, -0.05) is 11.6 Å². The lowest BCUT2D eigenvalue weighted by molar-refractivity contribution is -0.145. The van der Waals surface area contributed by atoms with Crippen molar-refractivity contribution in [2.45, 2.75) is 18.6 Å². The molecule has 3 aromatic rings. The molecule has 1 aliphatic heterocycles. The van der Waals surface area contributed by atoms with E-state index in [9.17, 15) is 14.0 Å². The molecular formula is C22H23ClFN5O4S. The molecular weight excluding hydrogens is 485 g/mol. The number of hydrogen-bond donors (Lipinski definition) is 2. The first-order valence-electron chi connectivity index (χ1n) is 10.5. The third kappa shape index (κ3) is 5.06. The molecule has 1 aliphatic rings. The molecule has 2 aromatic heterocycles. The number of halogens is 2. The number of ether oxygens (including phenoxy) is 2. The number of aromatic nitrogens is 2. The number of alkyl halides is 1. The van der Waals surface area contributed by atoms with Gasteiger partial charge in [0.25, 0.3) is 0 Å². The fourth-order valence-corrected chi connectivity index (χ4v) is 4.81. The molecule has 1 fully saturated rings. The number of primary amides is 1. The molecule has 9 nitrogen and oxygen atoms in total. The van der Waals surface area contributed by atoms with E-state index in [2.05, 4.69) is 15.5 Å². The molecule has 0 unspecified atom stereocenters. The van der Waals surface area contributed by atoms with Crippen molar-refractivity contribution in [1.29, 1.82) is 0 Å². The van der Waals surface area contributed by atoms with Crippen molar-refractivity contribution < 1.29 is 23.5 Å². The number of hydrogen-bond acceptors (Lipinski definition) is 8. The van der Waals surface area contributed by atoms with Gasteiger partial charge in [0.1, 0.15) is 24.2 Å². The highest BCUT2D eigenvalue weighted by Crippen LogP contribution is 2.39. The number of benzene rings is 1. The highest BCUT2D eigenvalue weighted by molar-refractivity contribution is 7.17. The summed E-state index contributed by atoms with van der Waals surface area (Å²) in [4.78, 5) is 24.0. The van der Waals surface area contributed by atoms with Crippen molar-refractivity contribution >= 4 is 50.7 Å². The minimum atomic E-state index is -1.40. The molecule has 3 heterocycles. The van der Waals surface area contributed by atoms with Crippen LogP contribution in [0.15, 0.2) is 29.6 Å². The van der Waals surface area contributed by atoms with E-state index >= 15 is 0 Å². The number of methoxy groups -OCH3 is 1. The number of fused-ring (bicyclic) bond motifs is 1. The van der Waals surface area contributed by atoms with Gasteiger partial charge < -0.3 is 25.4 Å². The smallest absolute Gasteiger partial charge is 0.311 e. The van der Waals surface area contributed by atoms with Gasteiger partial charge in [-0.25, -0.2) is 4.39 Å². The van der Waals surface area contributed by atoms with E-state index in [0.717, 1.165) is 20.5 Å². The Labute approximate surface area is 204 Å². The first kappa shape index (κ1) is 24.1. The van der Waals surface area contributed by atoms with E-state index < -0.39 is 24.0 Å². The molecule has 2 atom stereocenters. The van der Waals surface area contributed by atoms with Crippen LogP contribution in [0.25, 0.3) is 21.3 Å². The summed E-state index contributed by atoms with van der Waals surface area (Å²) in [6, 6.07) is 6.62. The van der Waals surface area contributed by atoms with E-state index in [4.69, 9.17) is 26.8 Å². The average Bonchev–Trinajstić information content (AvgIpc) is 3.31. The minimum Gasteiger partial charge on any atom is -0.490 e. The third-order valence-corrected chi connectivity index (χ3v) is 6.65. The van der Waals surface area contributed by atoms with Crippen LogP contribution >= 0.6 is 22.9 Å². The van der Waals surface area contributed by atoms with Crippen LogP contribution in [0.4, 0.5) is 10.2 Å². The number of thiophene rings is 1. The molecule has 2 amide bonds. The molecule has 0 bridgehead atoms. The van der Waals surface area contributed by atoms with Gasteiger partial charge in [-0.15, -0.1) is 21.5 Å². The topological polar surface area (TPSA) is 120 Å². The summed E-state index contributed by atoms with van der Waals surface area (Å²) >= 11 is 7.62. The molecule has 1 saturated heterocycles. The number of likely N-dealkylation sites (tertiary alicyclic amines) is 1. The number of carbonyl (C=O) groups is 2. The standard InChI is InChI=1S/C22H23ClFN5O4S/c1-32-7-8-33-17-10-12(23)2-3-13(17)18-14-5-9-34-19(14)21(28-27-18)26-16-4-6-29(11-15(16)24)22(31)20(25)30/h2-3,5,9-10,15-16H,4,6-8,11H2,1H3,(H2,25,30)(H,26,28)/t15-,16+/m1/s1. The number of piperidine rings is 1. The maximum atomic E-state index is 14.8. The summed E-state index contributed by atoms with van der Waals surface area (Å²) in [5.41, 5.74) is 6.37.